The number of carbonyl (C=O) groups is 1. The average molecular weight is 245 g/mol. The predicted octanol–water partition coefficient (Wildman–Crippen LogP) is 0.363. The lowest BCUT2D eigenvalue weighted by atomic mass is 10.3. The van der Waals surface area contributed by atoms with Gasteiger partial charge in [-0.05, 0) is 12.1 Å². The van der Waals surface area contributed by atoms with Crippen LogP contribution in [0.2, 0.25) is 0 Å². The number of aliphatic hydroxyl groups is 1. The van der Waals surface area contributed by atoms with Crippen molar-refractivity contribution in [2.24, 2.45) is 0 Å². The third-order valence-electron chi connectivity index (χ3n) is 2.02. The van der Waals surface area contributed by atoms with Gasteiger partial charge in [0.25, 0.3) is 12.3 Å². The predicted molar refractivity (Wildman–Crippen MR) is 57.6 cm³/mol. The molecule has 0 saturated heterocycles. The zero-order chi connectivity index (χ0) is 12.8. The molecule has 7 heteroatoms. The number of amides is 1. The van der Waals surface area contributed by atoms with Crippen molar-refractivity contribution in [3.63, 3.8) is 0 Å². The van der Waals surface area contributed by atoms with E-state index in [0.717, 1.165) is 4.90 Å². The molecule has 0 radical (unpaired) electrons. The number of anilines is 1. The highest BCUT2D eigenvalue weighted by molar-refractivity contribution is 5.92. The van der Waals surface area contributed by atoms with E-state index in [-0.39, 0.29) is 18.8 Å². The summed E-state index contributed by atoms with van der Waals surface area (Å²) in [6, 6.07) is 2.81. The third kappa shape index (κ3) is 3.95. The van der Waals surface area contributed by atoms with E-state index in [1.165, 1.54) is 18.3 Å². The number of nitrogens with zero attached hydrogens (tertiary/aromatic N) is 2. The van der Waals surface area contributed by atoms with Gasteiger partial charge in [0.2, 0.25) is 0 Å². The number of halogens is 2. The van der Waals surface area contributed by atoms with Gasteiger partial charge in [0.05, 0.1) is 25.0 Å². The maximum absolute atomic E-state index is 12.2. The molecule has 0 aliphatic rings. The van der Waals surface area contributed by atoms with Crippen LogP contribution in [0.15, 0.2) is 18.3 Å². The van der Waals surface area contributed by atoms with E-state index in [1.807, 2.05) is 0 Å². The van der Waals surface area contributed by atoms with E-state index in [9.17, 15) is 13.6 Å². The molecule has 0 aromatic carbocycles. The number of aromatic nitrogens is 1. The van der Waals surface area contributed by atoms with E-state index >= 15 is 0 Å². The summed E-state index contributed by atoms with van der Waals surface area (Å²) in [7, 11) is 0. The molecule has 0 unspecified atom stereocenters. The highest BCUT2D eigenvalue weighted by atomic mass is 19.3. The summed E-state index contributed by atoms with van der Waals surface area (Å²) in [5, 5.41) is 8.71. The van der Waals surface area contributed by atoms with E-state index < -0.39 is 18.9 Å². The third-order valence-corrected chi connectivity index (χ3v) is 2.02. The molecule has 1 heterocycles. The van der Waals surface area contributed by atoms with Crippen LogP contribution in [0.25, 0.3) is 0 Å². The van der Waals surface area contributed by atoms with Gasteiger partial charge in [0.15, 0.2) is 0 Å². The maximum Gasteiger partial charge on any atom is 0.272 e. The van der Waals surface area contributed by atoms with Crippen molar-refractivity contribution in [3.8, 4) is 0 Å². The van der Waals surface area contributed by atoms with Gasteiger partial charge in [-0.25, -0.2) is 13.8 Å². The number of hydrogen-bond acceptors (Lipinski definition) is 4. The van der Waals surface area contributed by atoms with Crippen LogP contribution in [0.1, 0.15) is 10.5 Å². The first kappa shape index (κ1) is 13.3. The van der Waals surface area contributed by atoms with Gasteiger partial charge in [-0.2, -0.15) is 0 Å². The van der Waals surface area contributed by atoms with Gasteiger partial charge in [0, 0.05) is 6.54 Å². The minimum Gasteiger partial charge on any atom is -0.397 e. The fourth-order valence-electron chi connectivity index (χ4n) is 1.26. The Morgan fingerprint density at radius 2 is 2.24 bits per heavy atom. The smallest absolute Gasteiger partial charge is 0.272 e. The molecule has 3 N–H and O–H groups in total. The Morgan fingerprint density at radius 1 is 1.53 bits per heavy atom. The summed E-state index contributed by atoms with van der Waals surface area (Å²) in [5.74, 6) is -0.653. The normalized spacial score (nSPS) is 10.6. The first-order chi connectivity index (χ1) is 8.04. The van der Waals surface area contributed by atoms with Gasteiger partial charge in [-0.3, -0.25) is 4.79 Å². The summed E-state index contributed by atoms with van der Waals surface area (Å²) >= 11 is 0. The van der Waals surface area contributed by atoms with Crippen LogP contribution >= 0.6 is 0 Å². The van der Waals surface area contributed by atoms with Crippen molar-refractivity contribution in [1.82, 2.24) is 9.88 Å². The van der Waals surface area contributed by atoms with Crippen LogP contribution in [-0.4, -0.2) is 47.0 Å². The highest BCUT2D eigenvalue weighted by Gasteiger charge is 2.20. The monoisotopic (exact) mass is 245 g/mol. The second-order valence-electron chi connectivity index (χ2n) is 3.34. The number of rotatable bonds is 5. The lowest BCUT2D eigenvalue weighted by Crippen LogP contribution is -2.37. The van der Waals surface area contributed by atoms with Gasteiger partial charge < -0.3 is 15.7 Å². The SMILES string of the molecule is Nc1ccc(C(=O)N(CCO)CC(F)F)nc1. The average Bonchev–Trinajstić information content (AvgIpc) is 2.28. The van der Waals surface area contributed by atoms with Gasteiger partial charge >= 0.3 is 0 Å². The number of carbonyl (C=O) groups excluding carboxylic acids is 1. The van der Waals surface area contributed by atoms with Gasteiger partial charge in [-0.1, -0.05) is 0 Å². The fourth-order valence-corrected chi connectivity index (χ4v) is 1.26. The molecule has 0 saturated carbocycles. The topological polar surface area (TPSA) is 79.5 Å². The molecule has 1 amide bonds. The number of aliphatic hydroxyl groups excluding tert-OH is 1. The summed E-state index contributed by atoms with van der Waals surface area (Å²) in [5.41, 5.74) is 5.80. The minimum absolute atomic E-state index is 0.0216. The van der Waals surface area contributed by atoms with E-state index in [1.54, 1.807) is 0 Å². The summed E-state index contributed by atoms with van der Waals surface area (Å²) in [4.78, 5) is 16.4. The number of nitrogen functional groups attached to an aromatic ring is 1. The molecule has 1 aromatic rings. The molecule has 0 fully saturated rings. The second kappa shape index (κ2) is 6.09. The Labute approximate surface area is 96.9 Å². The van der Waals surface area contributed by atoms with Crippen LogP contribution < -0.4 is 5.73 Å². The maximum atomic E-state index is 12.2. The van der Waals surface area contributed by atoms with Crippen LogP contribution in [0, 0.1) is 0 Å². The van der Waals surface area contributed by atoms with Crippen molar-refractivity contribution in [1.29, 1.82) is 0 Å². The van der Waals surface area contributed by atoms with Crippen molar-refractivity contribution < 1.29 is 18.7 Å². The quantitative estimate of drug-likeness (QED) is 0.785. The summed E-state index contributed by atoms with van der Waals surface area (Å²) in [6.07, 6.45) is -1.38. The van der Waals surface area contributed by atoms with E-state index in [2.05, 4.69) is 4.98 Å². The molecule has 0 atom stereocenters. The molecule has 1 aromatic heterocycles. The Kier molecular flexibility index (Phi) is 4.77. The number of hydrogen-bond donors (Lipinski definition) is 2. The molecule has 17 heavy (non-hydrogen) atoms. The minimum atomic E-state index is -2.65. The molecule has 0 aliphatic carbocycles. The molecular weight excluding hydrogens is 232 g/mol. The Morgan fingerprint density at radius 3 is 2.71 bits per heavy atom. The van der Waals surface area contributed by atoms with Crippen LogP contribution in [-0.2, 0) is 0 Å². The number of nitrogens with two attached hydrogens (primary N) is 1. The van der Waals surface area contributed by atoms with Crippen molar-refractivity contribution in [2.45, 2.75) is 6.43 Å². The Hall–Kier alpha value is -1.76. The van der Waals surface area contributed by atoms with Crippen LogP contribution in [0.5, 0.6) is 0 Å². The molecule has 0 spiro atoms. The first-order valence-electron chi connectivity index (χ1n) is 4.94. The second-order valence-corrected chi connectivity index (χ2v) is 3.34. The van der Waals surface area contributed by atoms with Crippen LogP contribution in [0.3, 0.4) is 0 Å². The molecule has 1 rings (SSSR count). The van der Waals surface area contributed by atoms with Crippen molar-refractivity contribution in [2.75, 3.05) is 25.4 Å². The highest BCUT2D eigenvalue weighted by Crippen LogP contribution is 2.07. The van der Waals surface area contributed by atoms with E-state index in [0.29, 0.717) is 5.69 Å². The van der Waals surface area contributed by atoms with Crippen molar-refractivity contribution in [3.05, 3.63) is 24.0 Å². The van der Waals surface area contributed by atoms with Gasteiger partial charge in [-0.15, -0.1) is 0 Å². The zero-order valence-corrected chi connectivity index (χ0v) is 9.01. The van der Waals surface area contributed by atoms with E-state index in [4.69, 9.17) is 10.8 Å². The lowest BCUT2D eigenvalue weighted by Gasteiger charge is -2.20. The Bertz CT molecular complexity index is 370. The molecule has 0 bridgehead atoms. The van der Waals surface area contributed by atoms with Crippen LogP contribution in [0.4, 0.5) is 14.5 Å². The number of pyridine rings is 1. The summed E-state index contributed by atoms with van der Waals surface area (Å²) in [6.45, 7) is -1.27. The standard InChI is InChI=1S/C10H13F2N3O2/c11-9(12)6-15(3-4-16)10(17)8-2-1-7(13)5-14-8/h1-2,5,9,16H,3-4,6,13H2. The zero-order valence-electron chi connectivity index (χ0n) is 9.01. The lowest BCUT2D eigenvalue weighted by molar-refractivity contribution is 0.0504. The fraction of sp³-hybridized carbons (Fsp3) is 0.400. The number of alkyl halides is 2. The molecule has 94 valence electrons. The molecular formula is C10H13F2N3O2. The molecule has 5 nitrogen and oxygen atoms in total. The molecule has 0 aliphatic heterocycles. The first-order valence-corrected chi connectivity index (χ1v) is 4.94. The summed E-state index contributed by atoms with van der Waals surface area (Å²) < 4.78 is 24.5. The largest absolute Gasteiger partial charge is 0.397 e. The van der Waals surface area contributed by atoms with Crippen molar-refractivity contribution >= 4 is 11.6 Å². The van der Waals surface area contributed by atoms with Gasteiger partial charge in [0.1, 0.15) is 5.69 Å². The Balaban J connectivity index is 2.79.